The molecule has 0 aromatic heterocycles. The maximum absolute atomic E-state index is 9.62. The van der Waals surface area contributed by atoms with Crippen LogP contribution in [0.2, 0.25) is 0 Å². The fourth-order valence-electron chi connectivity index (χ4n) is 2.17. The second-order valence-electron chi connectivity index (χ2n) is 4.04. The third kappa shape index (κ3) is 3.56. The summed E-state index contributed by atoms with van der Waals surface area (Å²) in [5.74, 6) is 0. The van der Waals surface area contributed by atoms with Crippen LogP contribution in [0.4, 0.5) is 0 Å². The Morgan fingerprint density at radius 3 is 2.93 bits per heavy atom. The minimum absolute atomic E-state index is 0.211. The zero-order chi connectivity index (χ0) is 10.4. The number of ether oxygens (including phenoxy) is 1. The molecule has 1 aliphatic heterocycles. The number of likely N-dealkylation sites (tertiary alicyclic amines) is 1. The first-order chi connectivity index (χ1) is 6.75. The van der Waals surface area contributed by atoms with Crippen LogP contribution in [-0.4, -0.2) is 48.5 Å². The zero-order valence-electron chi connectivity index (χ0n) is 9.41. The highest BCUT2D eigenvalue weighted by Crippen LogP contribution is 2.19. The fraction of sp³-hybridized carbons (Fsp3) is 1.00. The molecule has 0 radical (unpaired) electrons. The van der Waals surface area contributed by atoms with Gasteiger partial charge in [-0.25, -0.2) is 0 Å². The number of piperidine rings is 1. The number of aliphatic hydroxyl groups excluding tert-OH is 1. The van der Waals surface area contributed by atoms with Gasteiger partial charge >= 0.3 is 0 Å². The highest BCUT2D eigenvalue weighted by Gasteiger charge is 2.25. The van der Waals surface area contributed by atoms with Gasteiger partial charge in [-0.2, -0.15) is 0 Å². The van der Waals surface area contributed by atoms with E-state index in [1.807, 2.05) is 13.8 Å². The summed E-state index contributed by atoms with van der Waals surface area (Å²) in [6.45, 7) is 7.56. The van der Waals surface area contributed by atoms with Crippen LogP contribution in [0.25, 0.3) is 0 Å². The first kappa shape index (κ1) is 12.0. The van der Waals surface area contributed by atoms with Crippen LogP contribution in [0.15, 0.2) is 0 Å². The summed E-state index contributed by atoms with van der Waals surface area (Å²) >= 11 is 0. The largest absolute Gasteiger partial charge is 0.392 e. The molecule has 0 unspecified atom stereocenters. The molecule has 1 rings (SSSR count). The maximum atomic E-state index is 9.62. The zero-order valence-corrected chi connectivity index (χ0v) is 9.41. The molecular weight excluding hydrogens is 178 g/mol. The summed E-state index contributed by atoms with van der Waals surface area (Å²) in [5.41, 5.74) is 0. The van der Waals surface area contributed by atoms with Crippen LogP contribution >= 0.6 is 0 Å². The molecule has 3 heteroatoms. The molecule has 0 aliphatic carbocycles. The molecule has 0 saturated carbocycles. The first-order valence-corrected chi connectivity index (χ1v) is 5.75. The van der Waals surface area contributed by atoms with Gasteiger partial charge < -0.3 is 9.84 Å². The Morgan fingerprint density at radius 2 is 2.29 bits per heavy atom. The number of hydrogen-bond acceptors (Lipinski definition) is 3. The Balaban J connectivity index is 2.30. The van der Waals surface area contributed by atoms with Crippen molar-refractivity contribution in [3.05, 3.63) is 0 Å². The van der Waals surface area contributed by atoms with Gasteiger partial charge in [0.25, 0.3) is 0 Å². The molecule has 0 aromatic rings. The second kappa shape index (κ2) is 6.38. The molecule has 1 saturated heterocycles. The Kier molecular flexibility index (Phi) is 5.45. The molecule has 0 aromatic carbocycles. The van der Waals surface area contributed by atoms with E-state index in [0.717, 1.165) is 32.7 Å². The summed E-state index contributed by atoms with van der Waals surface area (Å²) in [4.78, 5) is 2.36. The van der Waals surface area contributed by atoms with Gasteiger partial charge in [0.1, 0.15) is 0 Å². The highest BCUT2D eigenvalue weighted by molar-refractivity contribution is 4.80. The minimum Gasteiger partial charge on any atom is -0.392 e. The normalized spacial score (nSPS) is 26.4. The Bertz CT molecular complexity index is 150. The lowest BCUT2D eigenvalue weighted by Gasteiger charge is -2.37. The fourth-order valence-corrected chi connectivity index (χ4v) is 2.17. The van der Waals surface area contributed by atoms with E-state index in [9.17, 15) is 5.11 Å². The van der Waals surface area contributed by atoms with Gasteiger partial charge in [-0.05, 0) is 33.2 Å². The van der Waals surface area contributed by atoms with Crippen molar-refractivity contribution < 1.29 is 9.84 Å². The second-order valence-corrected chi connectivity index (χ2v) is 4.04. The van der Waals surface area contributed by atoms with Crippen LogP contribution < -0.4 is 0 Å². The molecule has 14 heavy (non-hydrogen) atoms. The van der Waals surface area contributed by atoms with Crippen molar-refractivity contribution in [3.63, 3.8) is 0 Å². The summed E-state index contributed by atoms with van der Waals surface area (Å²) in [7, 11) is 0. The van der Waals surface area contributed by atoms with E-state index in [1.54, 1.807) is 0 Å². The number of aliphatic hydroxyl groups is 1. The standard InChI is InChI=1S/C11H23NO2/c1-3-14-9-8-12-7-5-4-6-11(12)10(2)13/h10-11,13H,3-9H2,1-2H3/t10-,11+/m0/s1. The predicted octanol–water partition coefficient (Wildman–Crippen LogP) is 1.26. The van der Waals surface area contributed by atoms with Crippen LogP contribution in [-0.2, 0) is 4.74 Å². The number of rotatable bonds is 5. The summed E-state index contributed by atoms with van der Waals surface area (Å²) in [6.07, 6.45) is 3.43. The van der Waals surface area contributed by atoms with E-state index in [4.69, 9.17) is 4.74 Å². The van der Waals surface area contributed by atoms with Gasteiger partial charge in [0.2, 0.25) is 0 Å². The van der Waals surface area contributed by atoms with E-state index in [2.05, 4.69) is 4.90 Å². The van der Waals surface area contributed by atoms with E-state index in [0.29, 0.717) is 6.04 Å². The third-order valence-corrected chi connectivity index (χ3v) is 2.95. The van der Waals surface area contributed by atoms with Crippen LogP contribution in [0.5, 0.6) is 0 Å². The quantitative estimate of drug-likeness (QED) is 0.680. The molecule has 1 fully saturated rings. The van der Waals surface area contributed by atoms with Gasteiger partial charge in [-0.1, -0.05) is 6.42 Å². The Labute approximate surface area is 87.1 Å². The van der Waals surface area contributed by atoms with Gasteiger partial charge in [0.05, 0.1) is 12.7 Å². The van der Waals surface area contributed by atoms with E-state index in [1.165, 1.54) is 12.8 Å². The van der Waals surface area contributed by atoms with Crippen molar-refractivity contribution in [3.8, 4) is 0 Å². The average Bonchev–Trinajstić information content (AvgIpc) is 2.19. The predicted molar refractivity (Wildman–Crippen MR) is 57.4 cm³/mol. The first-order valence-electron chi connectivity index (χ1n) is 5.75. The number of hydrogen-bond donors (Lipinski definition) is 1. The molecular formula is C11H23NO2. The lowest BCUT2D eigenvalue weighted by Crippen LogP contribution is -2.47. The molecule has 1 aliphatic rings. The van der Waals surface area contributed by atoms with Crippen molar-refractivity contribution >= 4 is 0 Å². The monoisotopic (exact) mass is 201 g/mol. The highest BCUT2D eigenvalue weighted by atomic mass is 16.5. The van der Waals surface area contributed by atoms with E-state index < -0.39 is 0 Å². The molecule has 1 N–H and O–H groups in total. The van der Waals surface area contributed by atoms with Crippen molar-refractivity contribution in [1.29, 1.82) is 0 Å². The summed E-state index contributed by atoms with van der Waals surface area (Å²) < 4.78 is 5.34. The van der Waals surface area contributed by atoms with Crippen LogP contribution in [0, 0.1) is 0 Å². The average molecular weight is 201 g/mol. The molecule has 0 amide bonds. The molecule has 2 atom stereocenters. The van der Waals surface area contributed by atoms with Crippen molar-refractivity contribution in [2.24, 2.45) is 0 Å². The smallest absolute Gasteiger partial charge is 0.0667 e. The van der Waals surface area contributed by atoms with Crippen molar-refractivity contribution in [1.82, 2.24) is 4.90 Å². The topological polar surface area (TPSA) is 32.7 Å². The molecule has 3 nitrogen and oxygen atoms in total. The molecule has 0 bridgehead atoms. The lowest BCUT2D eigenvalue weighted by molar-refractivity contribution is 0.0168. The number of nitrogens with zero attached hydrogens (tertiary/aromatic N) is 1. The summed E-state index contributed by atoms with van der Waals surface area (Å²) in [6, 6.07) is 0.351. The van der Waals surface area contributed by atoms with Crippen molar-refractivity contribution in [2.45, 2.75) is 45.3 Å². The molecule has 1 heterocycles. The van der Waals surface area contributed by atoms with Crippen molar-refractivity contribution in [2.75, 3.05) is 26.3 Å². The van der Waals surface area contributed by atoms with Gasteiger partial charge in [-0.3, -0.25) is 4.90 Å². The van der Waals surface area contributed by atoms with Gasteiger partial charge in [0.15, 0.2) is 0 Å². The van der Waals surface area contributed by atoms with Crippen LogP contribution in [0.1, 0.15) is 33.1 Å². The SMILES string of the molecule is CCOCCN1CCCC[C@@H]1[C@H](C)O. The lowest BCUT2D eigenvalue weighted by atomic mass is 9.98. The molecule has 84 valence electrons. The molecule has 0 spiro atoms. The maximum Gasteiger partial charge on any atom is 0.0667 e. The van der Waals surface area contributed by atoms with E-state index in [-0.39, 0.29) is 6.10 Å². The van der Waals surface area contributed by atoms with Gasteiger partial charge in [-0.15, -0.1) is 0 Å². The Hall–Kier alpha value is -0.120. The van der Waals surface area contributed by atoms with E-state index >= 15 is 0 Å². The summed E-state index contributed by atoms with van der Waals surface area (Å²) in [5, 5.41) is 9.62. The van der Waals surface area contributed by atoms with Gasteiger partial charge in [0, 0.05) is 19.2 Å². The van der Waals surface area contributed by atoms with Crippen LogP contribution in [0.3, 0.4) is 0 Å². The minimum atomic E-state index is -0.211. The third-order valence-electron chi connectivity index (χ3n) is 2.95. The Morgan fingerprint density at radius 1 is 1.50 bits per heavy atom.